The molecule has 2 nitrogen and oxygen atoms in total. The van der Waals surface area contributed by atoms with Crippen molar-refractivity contribution in [2.45, 2.75) is 6.92 Å². The van der Waals surface area contributed by atoms with Crippen molar-refractivity contribution >= 4 is 12.1 Å². The summed E-state index contributed by atoms with van der Waals surface area (Å²) in [5, 5.41) is 0. The zero-order valence-corrected chi connectivity index (χ0v) is 12.7. The molecule has 0 spiro atoms. The molecule has 0 amide bonds. The summed E-state index contributed by atoms with van der Waals surface area (Å²) >= 11 is 0. The fourth-order valence-corrected chi connectivity index (χ4v) is 2.60. The van der Waals surface area contributed by atoms with Crippen LogP contribution in [-0.4, -0.2) is 12.1 Å². The van der Waals surface area contributed by atoms with E-state index in [4.69, 9.17) is 0 Å². The van der Waals surface area contributed by atoms with Crippen molar-refractivity contribution in [1.82, 2.24) is 0 Å². The van der Waals surface area contributed by atoms with E-state index < -0.39 is 0 Å². The summed E-state index contributed by atoms with van der Waals surface area (Å²) in [4.78, 5) is 24.2. The molecule has 3 aromatic rings. The number of aryl methyl sites for hydroxylation is 1. The van der Waals surface area contributed by atoms with Crippen LogP contribution < -0.4 is 0 Å². The molecule has 0 aromatic heterocycles. The molecular weight excluding hydrogens is 284 g/mol. The maximum atomic E-state index is 12.9. The molecule has 0 atom stereocenters. The number of benzene rings is 3. The highest BCUT2D eigenvalue weighted by atomic mass is 16.1. The summed E-state index contributed by atoms with van der Waals surface area (Å²) < 4.78 is 0. The summed E-state index contributed by atoms with van der Waals surface area (Å²) in [5.74, 6) is -0.0963. The summed E-state index contributed by atoms with van der Waals surface area (Å²) in [7, 11) is 0. The van der Waals surface area contributed by atoms with Crippen molar-refractivity contribution < 1.29 is 9.59 Å². The van der Waals surface area contributed by atoms with Crippen LogP contribution in [0.25, 0.3) is 11.1 Å². The van der Waals surface area contributed by atoms with E-state index in [9.17, 15) is 9.59 Å². The maximum Gasteiger partial charge on any atom is 0.234 e. The monoisotopic (exact) mass is 299 g/mol. The van der Waals surface area contributed by atoms with Gasteiger partial charge in [-0.15, -0.1) is 0 Å². The molecule has 0 unspecified atom stereocenters. The first-order chi connectivity index (χ1) is 11.2. The lowest BCUT2D eigenvalue weighted by atomic mass is 9.90. The third-order valence-electron chi connectivity index (χ3n) is 3.80. The van der Waals surface area contributed by atoms with Gasteiger partial charge in [0.2, 0.25) is 6.29 Å². The lowest BCUT2D eigenvalue weighted by Gasteiger charge is -2.11. The van der Waals surface area contributed by atoms with Crippen LogP contribution in [-0.2, 0) is 4.79 Å². The first-order valence-electron chi connectivity index (χ1n) is 7.38. The summed E-state index contributed by atoms with van der Waals surface area (Å²) in [6.07, 6.45) is 1.95. The van der Waals surface area contributed by atoms with Gasteiger partial charge in [0, 0.05) is 22.3 Å². The highest BCUT2D eigenvalue weighted by molar-refractivity contribution is 6.14. The molecule has 3 rings (SSSR count). The van der Waals surface area contributed by atoms with Gasteiger partial charge in [-0.1, -0.05) is 78.4 Å². The molecule has 3 aromatic carbocycles. The van der Waals surface area contributed by atoms with Crippen LogP contribution in [0.3, 0.4) is 0 Å². The van der Waals surface area contributed by atoms with E-state index >= 15 is 0 Å². The fraction of sp³-hybridized carbons (Fsp3) is 0.0476. The van der Waals surface area contributed by atoms with Crippen molar-refractivity contribution in [2.75, 3.05) is 0 Å². The highest BCUT2D eigenvalue weighted by Crippen LogP contribution is 2.28. The second-order valence-electron chi connectivity index (χ2n) is 5.39. The van der Waals surface area contributed by atoms with E-state index in [2.05, 4.69) is 0 Å². The predicted octanol–water partition coefficient (Wildman–Crippen LogP) is 4.35. The molecule has 0 fully saturated rings. The number of carbonyl (C=O) groups excluding carboxylic acids is 2. The minimum atomic E-state index is -0.0963. The third-order valence-corrected chi connectivity index (χ3v) is 3.80. The van der Waals surface area contributed by atoms with Crippen LogP contribution in [0.4, 0.5) is 0 Å². The lowest BCUT2D eigenvalue weighted by molar-refractivity contribution is 0.103. The van der Waals surface area contributed by atoms with Crippen molar-refractivity contribution in [3.63, 3.8) is 0 Å². The largest absolute Gasteiger partial charge is 0.289 e. The molecule has 0 saturated heterocycles. The Hall–Kier alpha value is -3.00. The zero-order valence-electron chi connectivity index (χ0n) is 12.7. The van der Waals surface area contributed by atoms with E-state index in [1.807, 2.05) is 67.8 Å². The van der Waals surface area contributed by atoms with Gasteiger partial charge in [0.25, 0.3) is 0 Å². The molecule has 2 heteroatoms. The lowest BCUT2D eigenvalue weighted by Crippen LogP contribution is -2.05. The molecule has 1 radical (unpaired) electrons. The molecule has 0 aliphatic carbocycles. The molecule has 111 valence electrons. The van der Waals surface area contributed by atoms with Gasteiger partial charge in [-0.2, -0.15) is 0 Å². The van der Waals surface area contributed by atoms with Crippen molar-refractivity contribution in [2.24, 2.45) is 0 Å². The van der Waals surface area contributed by atoms with Gasteiger partial charge in [0.05, 0.1) is 0 Å². The Morgan fingerprint density at radius 3 is 2.17 bits per heavy atom. The molecule has 23 heavy (non-hydrogen) atoms. The second-order valence-corrected chi connectivity index (χ2v) is 5.39. The van der Waals surface area contributed by atoms with Crippen molar-refractivity contribution in [1.29, 1.82) is 0 Å². The van der Waals surface area contributed by atoms with Crippen LogP contribution in [0, 0.1) is 6.92 Å². The summed E-state index contributed by atoms with van der Waals surface area (Å²) in [6.45, 7) is 1.98. The van der Waals surface area contributed by atoms with Gasteiger partial charge in [-0.25, -0.2) is 0 Å². The molecular formula is C21H15O2. The van der Waals surface area contributed by atoms with Gasteiger partial charge in [0.15, 0.2) is 5.78 Å². The predicted molar refractivity (Wildman–Crippen MR) is 91.3 cm³/mol. The van der Waals surface area contributed by atoms with Crippen LogP contribution in [0.15, 0.2) is 72.8 Å². The van der Waals surface area contributed by atoms with Crippen molar-refractivity contribution in [3.05, 3.63) is 95.1 Å². The van der Waals surface area contributed by atoms with Crippen LogP contribution in [0.1, 0.15) is 27.0 Å². The van der Waals surface area contributed by atoms with E-state index in [1.165, 1.54) is 0 Å². The van der Waals surface area contributed by atoms with E-state index in [-0.39, 0.29) is 5.78 Å². The normalized spacial score (nSPS) is 10.3. The van der Waals surface area contributed by atoms with Gasteiger partial charge in [0.1, 0.15) is 0 Å². The van der Waals surface area contributed by atoms with E-state index in [1.54, 1.807) is 18.2 Å². The number of hydrogen-bond donors (Lipinski definition) is 0. The van der Waals surface area contributed by atoms with Gasteiger partial charge >= 0.3 is 0 Å². The van der Waals surface area contributed by atoms with E-state index in [0.717, 1.165) is 11.1 Å². The standard InChI is InChI=1S/C21H15O2/c1-15-10-12-17(13-11-15)21(23)19-9-5-8-18(14-22)20(19)16-6-3-2-4-7-16/h2-13H,1H3. The number of rotatable bonds is 4. The van der Waals surface area contributed by atoms with Gasteiger partial charge in [-0.05, 0) is 12.5 Å². The topological polar surface area (TPSA) is 34.1 Å². The zero-order chi connectivity index (χ0) is 16.2. The summed E-state index contributed by atoms with van der Waals surface area (Å²) in [5.41, 5.74) is 4.08. The average Bonchev–Trinajstić information content (AvgIpc) is 2.61. The van der Waals surface area contributed by atoms with Crippen LogP contribution in [0.2, 0.25) is 0 Å². The Balaban J connectivity index is 2.18. The first kappa shape index (κ1) is 14.9. The molecule has 0 heterocycles. The molecule has 0 saturated carbocycles. The summed E-state index contributed by atoms with van der Waals surface area (Å²) in [6, 6.07) is 22.0. The Morgan fingerprint density at radius 1 is 0.826 bits per heavy atom. The number of carbonyl (C=O) groups is 1. The Morgan fingerprint density at radius 2 is 1.52 bits per heavy atom. The number of hydrogen-bond acceptors (Lipinski definition) is 2. The third kappa shape index (κ3) is 2.97. The second kappa shape index (κ2) is 6.41. The minimum absolute atomic E-state index is 0.0963. The Bertz CT molecular complexity index is 847. The van der Waals surface area contributed by atoms with Gasteiger partial charge in [-0.3, -0.25) is 9.59 Å². The average molecular weight is 299 g/mol. The highest BCUT2D eigenvalue weighted by Gasteiger charge is 2.17. The molecule has 0 aliphatic heterocycles. The van der Waals surface area contributed by atoms with Crippen molar-refractivity contribution in [3.8, 4) is 11.1 Å². The SMILES string of the molecule is Cc1ccc(C(=O)c2cccc([C]=O)c2-c2ccccc2)cc1. The quantitative estimate of drug-likeness (QED) is 0.671. The maximum absolute atomic E-state index is 12.9. The fourth-order valence-electron chi connectivity index (χ4n) is 2.60. The van der Waals surface area contributed by atoms with Gasteiger partial charge < -0.3 is 0 Å². The first-order valence-corrected chi connectivity index (χ1v) is 7.38. The van der Waals surface area contributed by atoms with E-state index in [0.29, 0.717) is 22.3 Å². The molecule has 0 bridgehead atoms. The van der Waals surface area contributed by atoms with Crippen LogP contribution in [0.5, 0.6) is 0 Å². The minimum Gasteiger partial charge on any atom is -0.289 e. The Kier molecular flexibility index (Phi) is 4.15. The Labute approximate surface area is 135 Å². The van der Waals surface area contributed by atoms with Crippen LogP contribution >= 0.6 is 0 Å². The molecule has 0 aliphatic rings. The number of ketones is 1. The smallest absolute Gasteiger partial charge is 0.234 e. The molecule has 0 N–H and O–H groups in total.